The van der Waals surface area contributed by atoms with Crippen LogP contribution in [0.5, 0.6) is 0 Å². The maximum atomic E-state index is 12.5. The van der Waals surface area contributed by atoms with Crippen molar-refractivity contribution < 1.29 is 4.79 Å². The van der Waals surface area contributed by atoms with Crippen LogP contribution in [0.1, 0.15) is 32.3 Å². The lowest BCUT2D eigenvalue weighted by Gasteiger charge is -2.35. The van der Waals surface area contributed by atoms with Gasteiger partial charge in [-0.2, -0.15) is 0 Å². The Balaban J connectivity index is 1.47. The van der Waals surface area contributed by atoms with Crippen LogP contribution in [0.4, 0.5) is 16.2 Å². The van der Waals surface area contributed by atoms with Crippen LogP contribution < -0.4 is 16.4 Å². The van der Waals surface area contributed by atoms with E-state index in [1.54, 1.807) is 12.1 Å². The zero-order chi connectivity index (χ0) is 22.4. The molecule has 0 aliphatic carbocycles. The molecule has 3 rings (SSSR count). The van der Waals surface area contributed by atoms with Gasteiger partial charge < -0.3 is 21.3 Å². The molecule has 5 nitrogen and oxygen atoms in total. The molecule has 31 heavy (non-hydrogen) atoms. The number of likely N-dealkylation sites (tertiary alicyclic amines) is 1. The van der Waals surface area contributed by atoms with Crippen LogP contribution in [0.2, 0.25) is 10.0 Å². The molecular weight excluding hydrogens is 431 g/mol. The predicted octanol–water partition coefficient (Wildman–Crippen LogP) is 5.68. The van der Waals surface area contributed by atoms with Crippen molar-refractivity contribution in [2.24, 2.45) is 11.8 Å². The van der Waals surface area contributed by atoms with Gasteiger partial charge in [-0.15, -0.1) is 0 Å². The molecule has 0 unspecified atom stereocenters. The minimum atomic E-state index is -0.196. The van der Waals surface area contributed by atoms with E-state index in [0.717, 1.165) is 38.9 Å². The zero-order valence-corrected chi connectivity index (χ0v) is 19.7. The van der Waals surface area contributed by atoms with E-state index in [0.29, 0.717) is 33.3 Å². The third-order valence-electron chi connectivity index (χ3n) is 5.94. The molecule has 1 aliphatic rings. The number of hydrogen-bond donors (Lipinski definition) is 3. The lowest BCUT2D eigenvalue weighted by atomic mass is 9.89. The number of amides is 2. The predicted molar refractivity (Wildman–Crippen MR) is 131 cm³/mol. The van der Waals surface area contributed by atoms with Crippen LogP contribution in [0, 0.1) is 11.8 Å². The summed E-state index contributed by atoms with van der Waals surface area (Å²) in [7, 11) is 0. The van der Waals surface area contributed by atoms with Crippen molar-refractivity contribution in [3.05, 3.63) is 58.1 Å². The number of nitrogens with one attached hydrogen (secondary N) is 2. The first-order valence-corrected chi connectivity index (χ1v) is 11.6. The first kappa shape index (κ1) is 23.7. The second-order valence-electron chi connectivity index (χ2n) is 8.77. The highest BCUT2D eigenvalue weighted by atomic mass is 35.5. The standard InChI is InChI=1S/C24H32Cl2N4O/c1-16(2)23(29-24(31)28-20-5-3-4-19(27)14-20)15-30-10-8-17(9-11-30)12-18-6-7-21(25)22(26)13-18/h3-7,13-14,16-17,23H,8-12,15,27H2,1-2H3,(H2,28,29,31)/t23-/m0/s1. The van der Waals surface area contributed by atoms with Gasteiger partial charge in [0.05, 0.1) is 10.0 Å². The lowest BCUT2D eigenvalue weighted by Crippen LogP contribution is -2.49. The Morgan fingerprint density at radius 3 is 2.52 bits per heavy atom. The van der Waals surface area contributed by atoms with Crippen molar-refractivity contribution in [3.63, 3.8) is 0 Å². The summed E-state index contributed by atoms with van der Waals surface area (Å²) < 4.78 is 0. The Labute approximate surface area is 195 Å². The molecule has 0 saturated carbocycles. The number of anilines is 2. The van der Waals surface area contributed by atoms with E-state index in [1.165, 1.54) is 5.56 Å². The van der Waals surface area contributed by atoms with E-state index in [-0.39, 0.29) is 12.1 Å². The maximum absolute atomic E-state index is 12.5. The monoisotopic (exact) mass is 462 g/mol. The normalized spacial score (nSPS) is 16.3. The van der Waals surface area contributed by atoms with E-state index in [4.69, 9.17) is 28.9 Å². The van der Waals surface area contributed by atoms with Gasteiger partial charge in [-0.3, -0.25) is 0 Å². The molecule has 0 spiro atoms. The van der Waals surface area contributed by atoms with E-state index >= 15 is 0 Å². The van der Waals surface area contributed by atoms with Crippen molar-refractivity contribution in [2.45, 2.75) is 39.2 Å². The first-order chi connectivity index (χ1) is 14.8. The van der Waals surface area contributed by atoms with Crippen molar-refractivity contribution in [1.29, 1.82) is 0 Å². The number of hydrogen-bond acceptors (Lipinski definition) is 3. The number of urea groups is 1. The minimum absolute atomic E-state index is 0.0766. The fourth-order valence-electron chi connectivity index (χ4n) is 4.03. The summed E-state index contributed by atoms with van der Waals surface area (Å²) >= 11 is 12.2. The molecule has 4 N–H and O–H groups in total. The summed E-state index contributed by atoms with van der Waals surface area (Å²) in [6, 6.07) is 13.0. The number of halogens is 2. The Bertz CT molecular complexity index is 882. The smallest absolute Gasteiger partial charge is 0.319 e. The molecule has 1 heterocycles. The van der Waals surface area contributed by atoms with Gasteiger partial charge in [0, 0.05) is 24.0 Å². The van der Waals surface area contributed by atoms with Gasteiger partial charge in [0.1, 0.15) is 0 Å². The van der Waals surface area contributed by atoms with Crippen LogP contribution in [-0.2, 0) is 6.42 Å². The van der Waals surface area contributed by atoms with Crippen molar-refractivity contribution in [2.75, 3.05) is 30.7 Å². The second kappa shape index (κ2) is 11.1. The fourth-order valence-corrected chi connectivity index (χ4v) is 4.35. The summed E-state index contributed by atoms with van der Waals surface area (Å²) in [6.45, 7) is 7.20. The highest BCUT2D eigenvalue weighted by molar-refractivity contribution is 6.42. The fraction of sp³-hybridized carbons (Fsp3) is 0.458. The molecule has 2 aromatic rings. The molecule has 1 fully saturated rings. The molecule has 0 bridgehead atoms. The number of carbonyl (C=O) groups is 1. The average Bonchev–Trinajstić information content (AvgIpc) is 2.71. The Morgan fingerprint density at radius 1 is 1.13 bits per heavy atom. The molecule has 1 saturated heterocycles. The number of nitrogen functional groups attached to an aromatic ring is 1. The van der Waals surface area contributed by atoms with Gasteiger partial charge in [0.2, 0.25) is 0 Å². The van der Waals surface area contributed by atoms with E-state index in [2.05, 4.69) is 35.4 Å². The molecule has 0 aromatic heterocycles. The second-order valence-corrected chi connectivity index (χ2v) is 9.59. The van der Waals surface area contributed by atoms with E-state index in [9.17, 15) is 4.79 Å². The highest BCUT2D eigenvalue weighted by Gasteiger charge is 2.24. The summed E-state index contributed by atoms with van der Waals surface area (Å²) in [5.41, 5.74) is 8.36. The Morgan fingerprint density at radius 2 is 1.87 bits per heavy atom. The SMILES string of the molecule is CC(C)[C@H](CN1CCC(Cc2ccc(Cl)c(Cl)c2)CC1)NC(=O)Nc1cccc(N)c1. The lowest BCUT2D eigenvalue weighted by molar-refractivity contribution is 0.157. The minimum Gasteiger partial charge on any atom is -0.399 e. The van der Waals surface area contributed by atoms with Crippen molar-refractivity contribution >= 4 is 40.6 Å². The van der Waals surface area contributed by atoms with Crippen LogP contribution >= 0.6 is 23.2 Å². The molecular formula is C24H32Cl2N4O. The molecule has 168 valence electrons. The Kier molecular flexibility index (Phi) is 8.47. The van der Waals surface area contributed by atoms with Crippen molar-refractivity contribution in [3.8, 4) is 0 Å². The Hall–Kier alpha value is -1.95. The number of nitrogens with zero attached hydrogens (tertiary/aromatic N) is 1. The van der Waals surface area contributed by atoms with Gasteiger partial charge in [-0.05, 0) is 80.1 Å². The van der Waals surface area contributed by atoms with E-state index in [1.807, 2.05) is 24.3 Å². The zero-order valence-electron chi connectivity index (χ0n) is 18.2. The molecule has 2 aromatic carbocycles. The quantitative estimate of drug-likeness (QED) is 0.463. The number of nitrogens with two attached hydrogens (primary N) is 1. The van der Waals surface area contributed by atoms with Crippen molar-refractivity contribution in [1.82, 2.24) is 10.2 Å². The van der Waals surface area contributed by atoms with E-state index < -0.39 is 0 Å². The van der Waals surface area contributed by atoms with Crippen LogP contribution in [0.25, 0.3) is 0 Å². The van der Waals surface area contributed by atoms with Gasteiger partial charge in [0.15, 0.2) is 0 Å². The third kappa shape index (κ3) is 7.30. The summed E-state index contributed by atoms with van der Waals surface area (Å²) in [5.74, 6) is 0.978. The van der Waals surface area contributed by atoms with Gasteiger partial charge in [-0.25, -0.2) is 4.79 Å². The average molecular weight is 463 g/mol. The topological polar surface area (TPSA) is 70.4 Å². The molecule has 2 amide bonds. The summed E-state index contributed by atoms with van der Waals surface area (Å²) in [6.07, 6.45) is 3.31. The number of piperidine rings is 1. The molecule has 1 atom stereocenters. The first-order valence-electron chi connectivity index (χ1n) is 10.9. The van der Waals surface area contributed by atoms with Gasteiger partial charge in [-0.1, -0.05) is 49.2 Å². The molecule has 0 radical (unpaired) electrons. The highest BCUT2D eigenvalue weighted by Crippen LogP contribution is 2.27. The molecule has 1 aliphatic heterocycles. The summed E-state index contributed by atoms with van der Waals surface area (Å²) in [4.78, 5) is 14.9. The molecule has 7 heteroatoms. The number of carbonyl (C=O) groups excluding carboxylic acids is 1. The van der Waals surface area contributed by atoms with Crippen LogP contribution in [0.3, 0.4) is 0 Å². The van der Waals surface area contributed by atoms with Gasteiger partial charge >= 0.3 is 6.03 Å². The number of benzene rings is 2. The number of rotatable bonds is 7. The third-order valence-corrected chi connectivity index (χ3v) is 6.68. The van der Waals surface area contributed by atoms with Crippen LogP contribution in [-0.4, -0.2) is 36.6 Å². The maximum Gasteiger partial charge on any atom is 0.319 e. The van der Waals surface area contributed by atoms with Crippen LogP contribution in [0.15, 0.2) is 42.5 Å². The summed E-state index contributed by atoms with van der Waals surface area (Å²) in [5, 5.41) is 7.24. The van der Waals surface area contributed by atoms with Gasteiger partial charge in [0.25, 0.3) is 0 Å². The largest absolute Gasteiger partial charge is 0.399 e.